The smallest absolute Gasteiger partial charge is 0.198 e. The zero-order valence-electron chi connectivity index (χ0n) is 9.84. The van der Waals surface area contributed by atoms with E-state index in [0.29, 0.717) is 17.5 Å². The third kappa shape index (κ3) is 2.30. The number of nitrogens with zero attached hydrogens (tertiary/aromatic N) is 3. The minimum Gasteiger partial charge on any atom is -0.383 e. The van der Waals surface area contributed by atoms with E-state index in [1.807, 2.05) is 30.3 Å². The number of aromatic amines is 1. The van der Waals surface area contributed by atoms with Gasteiger partial charge < -0.3 is 10.7 Å². The molecule has 0 aliphatic carbocycles. The molecule has 0 bridgehead atoms. The summed E-state index contributed by atoms with van der Waals surface area (Å²) >= 11 is 2.16. The second kappa shape index (κ2) is 4.96. The van der Waals surface area contributed by atoms with Gasteiger partial charge in [-0.1, -0.05) is 30.3 Å². The van der Waals surface area contributed by atoms with E-state index in [2.05, 4.69) is 42.5 Å². The quantitative estimate of drug-likeness (QED) is 0.686. The number of nitrogens with two attached hydrogens (primary N) is 1. The van der Waals surface area contributed by atoms with Crippen molar-refractivity contribution in [3.05, 3.63) is 46.3 Å². The lowest BCUT2D eigenvalue weighted by Gasteiger charge is -2.07. The second-order valence-electron chi connectivity index (χ2n) is 3.90. The first-order chi connectivity index (χ1) is 9.25. The molecule has 0 radical (unpaired) electrons. The van der Waals surface area contributed by atoms with E-state index in [-0.39, 0.29) is 0 Å². The standard InChI is InChI=1S/C13H10IN5/c14-9-10(8-4-2-1-3-5-8)18-13(19-11(9)15)12-16-6-7-17-12/h1-7H,(H,16,17)(H2,15,18,19). The van der Waals surface area contributed by atoms with Gasteiger partial charge in [0.15, 0.2) is 11.6 Å². The molecule has 0 atom stereocenters. The van der Waals surface area contributed by atoms with Gasteiger partial charge in [-0.25, -0.2) is 15.0 Å². The molecule has 19 heavy (non-hydrogen) atoms. The highest BCUT2D eigenvalue weighted by molar-refractivity contribution is 14.1. The summed E-state index contributed by atoms with van der Waals surface area (Å²) in [6, 6.07) is 9.90. The van der Waals surface area contributed by atoms with E-state index >= 15 is 0 Å². The predicted molar refractivity (Wildman–Crippen MR) is 82.2 cm³/mol. The van der Waals surface area contributed by atoms with Crippen LogP contribution in [0.15, 0.2) is 42.7 Å². The molecule has 0 fully saturated rings. The topological polar surface area (TPSA) is 80.5 Å². The molecule has 2 aromatic heterocycles. The first-order valence-corrected chi connectivity index (χ1v) is 6.72. The number of imidazole rings is 1. The molecule has 2 heterocycles. The molecule has 0 amide bonds. The van der Waals surface area contributed by atoms with Gasteiger partial charge in [0.25, 0.3) is 0 Å². The SMILES string of the molecule is Nc1nc(-c2ncc[nH]2)nc(-c2ccccc2)c1I. The van der Waals surface area contributed by atoms with Gasteiger partial charge >= 0.3 is 0 Å². The summed E-state index contributed by atoms with van der Waals surface area (Å²) in [6.45, 7) is 0. The van der Waals surface area contributed by atoms with Crippen molar-refractivity contribution in [1.29, 1.82) is 0 Å². The Morgan fingerprint density at radius 1 is 1.11 bits per heavy atom. The minimum absolute atomic E-state index is 0.459. The molecule has 0 aliphatic rings. The number of benzene rings is 1. The van der Waals surface area contributed by atoms with E-state index in [4.69, 9.17) is 5.73 Å². The molecule has 5 nitrogen and oxygen atoms in total. The van der Waals surface area contributed by atoms with Crippen LogP contribution < -0.4 is 5.73 Å². The van der Waals surface area contributed by atoms with Gasteiger partial charge in [-0.2, -0.15) is 0 Å². The normalized spacial score (nSPS) is 10.6. The maximum Gasteiger partial charge on any atom is 0.198 e. The van der Waals surface area contributed by atoms with Gasteiger partial charge in [0.05, 0.1) is 9.26 Å². The van der Waals surface area contributed by atoms with Crippen molar-refractivity contribution in [2.45, 2.75) is 0 Å². The van der Waals surface area contributed by atoms with Crippen LogP contribution in [0.4, 0.5) is 5.82 Å². The van der Waals surface area contributed by atoms with Gasteiger partial charge in [0.1, 0.15) is 5.82 Å². The Hall–Kier alpha value is -1.96. The first kappa shape index (κ1) is 12.1. The fraction of sp³-hybridized carbons (Fsp3) is 0. The van der Waals surface area contributed by atoms with Crippen LogP contribution in [0.3, 0.4) is 0 Å². The van der Waals surface area contributed by atoms with Crippen LogP contribution in [-0.4, -0.2) is 19.9 Å². The summed E-state index contributed by atoms with van der Waals surface area (Å²) in [6.07, 6.45) is 3.39. The lowest BCUT2D eigenvalue weighted by molar-refractivity contribution is 1.12. The molecule has 0 unspecified atom stereocenters. The van der Waals surface area contributed by atoms with Crippen molar-refractivity contribution in [1.82, 2.24) is 19.9 Å². The second-order valence-corrected chi connectivity index (χ2v) is 4.98. The molecular formula is C13H10IN5. The molecular weight excluding hydrogens is 353 g/mol. The first-order valence-electron chi connectivity index (χ1n) is 5.64. The lowest BCUT2D eigenvalue weighted by Crippen LogP contribution is -2.03. The molecule has 3 N–H and O–H groups in total. The highest BCUT2D eigenvalue weighted by Crippen LogP contribution is 2.28. The highest BCUT2D eigenvalue weighted by Gasteiger charge is 2.13. The predicted octanol–water partition coefficient (Wildman–Crippen LogP) is 2.72. The Kier molecular flexibility index (Phi) is 3.16. The monoisotopic (exact) mass is 363 g/mol. The molecule has 0 saturated heterocycles. The van der Waals surface area contributed by atoms with Crippen LogP contribution in [0, 0.1) is 3.57 Å². The molecule has 0 aliphatic heterocycles. The fourth-order valence-electron chi connectivity index (χ4n) is 1.75. The molecule has 1 aromatic carbocycles. The molecule has 0 spiro atoms. The molecule has 3 aromatic rings. The van der Waals surface area contributed by atoms with Crippen LogP contribution >= 0.6 is 22.6 Å². The third-order valence-electron chi connectivity index (χ3n) is 2.63. The largest absolute Gasteiger partial charge is 0.383 e. The Balaban J connectivity index is 2.20. The van der Waals surface area contributed by atoms with Crippen molar-refractivity contribution in [3.8, 4) is 22.9 Å². The van der Waals surface area contributed by atoms with E-state index in [1.165, 1.54) is 0 Å². The number of H-pyrrole nitrogens is 1. The van der Waals surface area contributed by atoms with E-state index in [9.17, 15) is 0 Å². The molecule has 0 saturated carbocycles. The van der Waals surface area contributed by atoms with Crippen LogP contribution in [0.25, 0.3) is 22.9 Å². The highest BCUT2D eigenvalue weighted by atomic mass is 127. The van der Waals surface area contributed by atoms with E-state index in [0.717, 1.165) is 14.8 Å². The minimum atomic E-state index is 0.459. The number of anilines is 1. The number of nitrogens with one attached hydrogen (secondary N) is 1. The van der Waals surface area contributed by atoms with Gasteiger partial charge in [0, 0.05) is 18.0 Å². The van der Waals surface area contributed by atoms with Crippen molar-refractivity contribution in [3.63, 3.8) is 0 Å². The van der Waals surface area contributed by atoms with Crippen LogP contribution in [-0.2, 0) is 0 Å². The summed E-state index contributed by atoms with van der Waals surface area (Å²) in [5, 5.41) is 0. The Morgan fingerprint density at radius 2 is 1.89 bits per heavy atom. The summed E-state index contributed by atoms with van der Waals surface area (Å²) in [5.74, 6) is 1.57. The zero-order chi connectivity index (χ0) is 13.2. The fourth-order valence-corrected chi connectivity index (χ4v) is 2.30. The Morgan fingerprint density at radius 3 is 2.58 bits per heavy atom. The number of aromatic nitrogens is 4. The average Bonchev–Trinajstić information content (AvgIpc) is 2.97. The zero-order valence-corrected chi connectivity index (χ0v) is 12.0. The van der Waals surface area contributed by atoms with Gasteiger partial charge in [-0.15, -0.1) is 0 Å². The van der Waals surface area contributed by atoms with Crippen molar-refractivity contribution >= 4 is 28.4 Å². The lowest BCUT2D eigenvalue weighted by atomic mass is 10.1. The maximum absolute atomic E-state index is 5.96. The number of hydrogen-bond donors (Lipinski definition) is 2. The van der Waals surface area contributed by atoms with Crippen molar-refractivity contribution in [2.75, 3.05) is 5.73 Å². The van der Waals surface area contributed by atoms with Crippen LogP contribution in [0.5, 0.6) is 0 Å². The average molecular weight is 363 g/mol. The van der Waals surface area contributed by atoms with Crippen LogP contribution in [0.2, 0.25) is 0 Å². The molecule has 6 heteroatoms. The Labute approximate surface area is 123 Å². The van der Waals surface area contributed by atoms with E-state index in [1.54, 1.807) is 12.4 Å². The van der Waals surface area contributed by atoms with Crippen molar-refractivity contribution < 1.29 is 0 Å². The molecule has 3 rings (SSSR count). The number of nitrogen functional groups attached to an aromatic ring is 1. The maximum atomic E-state index is 5.96. The third-order valence-corrected chi connectivity index (χ3v) is 3.70. The summed E-state index contributed by atoms with van der Waals surface area (Å²) in [5.41, 5.74) is 7.79. The van der Waals surface area contributed by atoms with Crippen LogP contribution in [0.1, 0.15) is 0 Å². The van der Waals surface area contributed by atoms with Gasteiger partial charge in [-0.05, 0) is 22.6 Å². The summed E-state index contributed by atoms with van der Waals surface area (Å²) in [4.78, 5) is 16.0. The molecule has 94 valence electrons. The number of hydrogen-bond acceptors (Lipinski definition) is 4. The summed E-state index contributed by atoms with van der Waals surface area (Å²) < 4.78 is 0.846. The van der Waals surface area contributed by atoms with Gasteiger partial charge in [0.2, 0.25) is 0 Å². The summed E-state index contributed by atoms with van der Waals surface area (Å²) in [7, 11) is 0. The number of rotatable bonds is 2. The Bertz CT molecular complexity index is 695. The van der Waals surface area contributed by atoms with E-state index < -0.39 is 0 Å². The number of halogens is 1. The van der Waals surface area contributed by atoms with Gasteiger partial charge in [-0.3, -0.25) is 0 Å². The van der Waals surface area contributed by atoms with Crippen molar-refractivity contribution in [2.24, 2.45) is 0 Å².